The Morgan fingerprint density at radius 2 is 1.93 bits per heavy atom. The van der Waals surface area contributed by atoms with E-state index in [1.807, 2.05) is 6.92 Å². The average molecular weight is 202 g/mol. The monoisotopic (exact) mass is 202 g/mol. The lowest BCUT2D eigenvalue weighted by Gasteiger charge is -2.15. The highest BCUT2D eigenvalue weighted by Crippen LogP contribution is 2.09. The molecule has 0 bridgehead atoms. The van der Waals surface area contributed by atoms with Crippen molar-refractivity contribution in [2.45, 2.75) is 65.1 Å². The molecule has 0 spiro atoms. The Balaban J connectivity index is 3.45. The van der Waals surface area contributed by atoms with Gasteiger partial charge in [-0.05, 0) is 20.3 Å². The van der Waals surface area contributed by atoms with Crippen molar-refractivity contribution in [2.75, 3.05) is 0 Å². The standard InChI is InChI=1S/C11H22O3/c1-4-5-6-7-8-9(2)14-10(3)11(12)13/h9-10H,4-8H2,1-3H3,(H,12,13)/t9?,10-/m0/s1. The number of unbranched alkanes of at least 4 members (excludes halogenated alkanes) is 3. The molecule has 3 nitrogen and oxygen atoms in total. The van der Waals surface area contributed by atoms with Gasteiger partial charge in [0.25, 0.3) is 0 Å². The van der Waals surface area contributed by atoms with E-state index in [0.717, 1.165) is 12.8 Å². The van der Waals surface area contributed by atoms with Crippen LogP contribution in [-0.4, -0.2) is 23.3 Å². The zero-order valence-corrected chi connectivity index (χ0v) is 9.45. The van der Waals surface area contributed by atoms with E-state index in [4.69, 9.17) is 9.84 Å². The molecule has 0 heterocycles. The summed E-state index contributed by atoms with van der Waals surface area (Å²) < 4.78 is 5.29. The molecule has 0 saturated carbocycles. The molecule has 2 atom stereocenters. The van der Waals surface area contributed by atoms with E-state index < -0.39 is 12.1 Å². The Morgan fingerprint density at radius 1 is 1.29 bits per heavy atom. The summed E-state index contributed by atoms with van der Waals surface area (Å²) in [5.74, 6) is -0.884. The van der Waals surface area contributed by atoms with Gasteiger partial charge in [-0.1, -0.05) is 32.6 Å². The van der Waals surface area contributed by atoms with Crippen LogP contribution >= 0.6 is 0 Å². The van der Waals surface area contributed by atoms with Gasteiger partial charge in [-0.2, -0.15) is 0 Å². The third kappa shape index (κ3) is 6.89. The Hall–Kier alpha value is -0.570. The fourth-order valence-electron chi connectivity index (χ4n) is 1.33. The molecular weight excluding hydrogens is 180 g/mol. The predicted octanol–water partition coefficient (Wildman–Crippen LogP) is 2.84. The summed E-state index contributed by atoms with van der Waals surface area (Å²) in [5.41, 5.74) is 0. The van der Waals surface area contributed by atoms with E-state index >= 15 is 0 Å². The summed E-state index contributed by atoms with van der Waals surface area (Å²) in [4.78, 5) is 10.5. The van der Waals surface area contributed by atoms with E-state index in [-0.39, 0.29) is 6.10 Å². The number of carboxylic acids is 1. The topological polar surface area (TPSA) is 46.5 Å². The Kier molecular flexibility index (Phi) is 7.48. The molecule has 0 aliphatic heterocycles. The van der Waals surface area contributed by atoms with Crippen LogP contribution in [0.1, 0.15) is 52.9 Å². The highest BCUT2D eigenvalue weighted by atomic mass is 16.5. The lowest BCUT2D eigenvalue weighted by atomic mass is 10.1. The second-order valence-corrected chi connectivity index (χ2v) is 3.78. The highest BCUT2D eigenvalue weighted by molar-refractivity contribution is 5.71. The third-order valence-corrected chi connectivity index (χ3v) is 2.25. The van der Waals surface area contributed by atoms with Crippen molar-refractivity contribution in [3.05, 3.63) is 0 Å². The highest BCUT2D eigenvalue weighted by Gasteiger charge is 2.14. The van der Waals surface area contributed by atoms with Gasteiger partial charge < -0.3 is 9.84 Å². The van der Waals surface area contributed by atoms with Crippen LogP contribution in [-0.2, 0) is 9.53 Å². The molecule has 14 heavy (non-hydrogen) atoms. The second-order valence-electron chi connectivity index (χ2n) is 3.78. The van der Waals surface area contributed by atoms with E-state index in [1.54, 1.807) is 6.92 Å². The molecule has 0 saturated heterocycles. The van der Waals surface area contributed by atoms with Gasteiger partial charge in [0.1, 0.15) is 0 Å². The van der Waals surface area contributed by atoms with Crippen LogP contribution in [0.3, 0.4) is 0 Å². The van der Waals surface area contributed by atoms with Crippen molar-refractivity contribution in [3.8, 4) is 0 Å². The minimum atomic E-state index is -0.884. The second kappa shape index (κ2) is 7.80. The van der Waals surface area contributed by atoms with Gasteiger partial charge in [0, 0.05) is 0 Å². The maximum Gasteiger partial charge on any atom is 0.332 e. The fourth-order valence-corrected chi connectivity index (χ4v) is 1.33. The molecule has 0 aromatic rings. The molecule has 0 aliphatic carbocycles. The largest absolute Gasteiger partial charge is 0.479 e. The molecular formula is C11H22O3. The lowest BCUT2D eigenvalue weighted by Crippen LogP contribution is -2.24. The molecule has 1 unspecified atom stereocenters. The summed E-state index contributed by atoms with van der Waals surface area (Å²) in [6, 6.07) is 0. The van der Waals surface area contributed by atoms with Crippen LogP contribution in [0.25, 0.3) is 0 Å². The number of carbonyl (C=O) groups is 1. The molecule has 1 N–H and O–H groups in total. The van der Waals surface area contributed by atoms with Crippen LogP contribution in [0, 0.1) is 0 Å². The minimum Gasteiger partial charge on any atom is -0.479 e. The van der Waals surface area contributed by atoms with Crippen LogP contribution in [0.2, 0.25) is 0 Å². The average Bonchev–Trinajstić information content (AvgIpc) is 2.12. The summed E-state index contributed by atoms with van der Waals surface area (Å²) in [6.45, 7) is 5.68. The molecule has 0 fully saturated rings. The first-order valence-electron chi connectivity index (χ1n) is 5.46. The Bertz CT molecular complexity index is 157. The number of hydrogen-bond donors (Lipinski definition) is 1. The summed E-state index contributed by atoms with van der Waals surface area (Å²) in [5, 5.41) is 8.62. The first-order chi connectivity index (χ1) is 6.57. The molecule has 3 heteroatoms. The Morgan fingerprint density at radius 3 is 2.43 bits per heavy atom. The smallest absolute Gasteiger partial charge is 0.332 e. The molecule has 0 amide bonds. The lowest BCUT2D eigenvalue weighted by molar-refractivity contribution is -0.152. The number of rotatable bonds is 8. The van der Waals surface area contributed by atoms with Gasteiger partial charge in [-0.25, -0.2) is 4.79 Å². The molecule has 0 rings (SSSR count). The SMILES string of the molecule is CCCCCCC(C)O[C@@H](C)C(=O)O. The predicted molar refractivity (Wildman–Crippen MR) is 56.4 cm³/mol. The normalized spacial score (nSPS) is 15.1. The van der Waals surface area contributed by atoms with Gasteiger partial charge in [-0.3, -0.25) is 0 Å². The summed E-state index contributed by atoms with van der Waals surface area (Å²) in [6.07, 6.45) is 5.14. The molecule has 0 aliphatic rings. The molecule has 0 aromatic carbocycles. The van der Waals surface area contributed by atoms with Gasteiger partial charge in [0.05, 0.1) is 6.10 Å². The number of hydrogen-bond acceptors (Lipinski definition) is 2. The maximum atomic E-state index is 10.5. The van der Waals surface area contributed by atoms with Crippen LogP contribution in [0.5, 0.6) is 0 Å². The summed E-state index contributed by atoms with van der Waals surface area (Å²) in [7, 11) is 0. The summed E-state index contributed by atoms with van der Waals surface area (Å²) >= 11 is 0. The van der Waals surface area contributed by atoms with Crippen molar-refractivity contribution >= 4 is 5.97 Å². The maximum absolute atomic E-state index is 10.5. The molecule has 0 radical (unpaired) electrons. The van der Waals surface area contributed by atoms with E-state index in [2.05, 4.69) is 6.92 Å². The van der Waals surface area contributed by atoms with Crippen molar-refractivity contribution in [1.82, 2.24) is 0 Å². The van der Waals surface area contributed by atoms with E-state index in [0.29, 0.717) is 0 Å². The first kappa shape index (κ1) is 13.4. The van der Waals surface area contributed by atoms with Gasteiger partial charge in [0.15, 0.2) is 6.10 Å². The van der Waals surface area contributed by atoms with Crippen LogP contribution in [0.15, 0.2) is 0 Å². The zero-order chi connectivity index (χ0) is 11.0. The van der Waals surface area contributed by atoms with Crippen molar-refractivity contribution < 1.29 is 14.6 Å². The van der Waals surface area contributed by atoms with E-state index in [9.17, 15) is 4.79 Å². The third-order valence-electron chi connectivity index (χ3n) is 2.25. The van der Waals surface area contributed by atoms with Crippen molar-refractivity contribution in [1.29, 1.82) is 0 Å². The van der Waals surface area contributed by atoms with Crippen molar-refractivity contribution in [3.63, 3.8) is 0 Å². The van der Waals surface area contributed by atoms with Crippen molar-refractivity contribution in [2.24, 2.45) is 0 Å². The first-order valence-corrected chi connectivity index (χ1v) is 5.46. The van der Waals surface area contributed by atoms with Crippen LogP contribution < -0.4 is 0 Å². The molecule has 84 valence electrons. The fraction of sp³-hybridized carbons (Fsp3) is 0.909. The number of aliphatic carboxylic acids is 1. The van der Waals surface area contributed by atoms with Gasteiger partial charge in [0.2, 0.25) is 0 Å². The van der Waals surface area contributed by atoms with Gasteiger partial charge >= 0.3 is 5.97 Å². The minimum absolute atomic E-state index is 0.0537. The van der Waals surface area contributed by atoms with Gasteiger partial charge in [-0.15, -0.1) is 0 Å². The van der Waals surface area contributed by atoms with Crippen LogP contribution in [0.4, 0.5) is 0 Å². The Labute approximate surface area is 86.5 Å². The number of ether oxygens (including phenoxy) is 1. The zero-order valence-electron chi connectivity index (χ0n) is 9.45. The number of carboxylic acid groups (broad SMARTS) is 1. The molecule has 0 aromatic heterocycles. The quantitative estimate of drug-likeness (QED) is 0.616. The van der Waals surface area contributed by atoms with E-state index in [1.165, 1.54) is 19.3 Å².